The van der Waals surface area contributed by atoms with Gasteiger partial charge in [-0.25, -0.2) is 0 Å². The Kier molecular flexibility index (Phi) is 4.02. The number of piperidine rings is 1. The fraction of sp³-hybridized carbons (Fsp3) is 0.500. The van der Waals surface area contributed by atoms with Crippen molar-refractivity contribution < 1.29 is 0 Å². The minimum Gasteiger partial charge on any atom is -0.303 e. The van der Waals surface area contributed by atoms with E-state index in [1.54, 1.807) is 0 Å². The second-order valence-electron chi connectivity index (χ2n) is 6.39. The normalized spacial score (nSPS) is 17.9. The number of benzene rings is 1. The highest BCUT2D eigenvalue weighted by molar-refractivity contribution is 5.84. The lowest BCUT2D eigenvalue weighted by molar-refractivity contribution is 0.191. The van der Waals surface area contributed by atoms with Crippen molar-refractivity contribution in [1.29, 1.82) is 0 Å². The molecule has 20 heavy (non-hydrogen) atoms. The molecular weight excluding hydrogens is 244 g/mol. The first-order valence-corrected chi connectivity index (χ1v) is 7.80. The Morgan fingerprint density at radius 1 is 1.15 bits per heavy atom. The number of rotatable bonds is 3. The van der Waals surface area contributed by atoms with Crippen LogP contribution in [0.3, 0.4) is 0 Å². The van der Waals surface area contributed by atoms with Gasteiger partial charge in [0.05, 0.1) is 5.69 Å². The van der Waals surface area contributed by atoms with Gasteiger partial charge < -0.3 is 4.90 Å². The Labute approximate surface area is 121 Å². The molecule has 0 radical (unpaired) electrons. The van der Waals surface area contributed by atoms with Crippen molar-refractivity contribution >= 4 is 10.8 Å². The third-order valence-corrected chi connectivity index (χ3v) is 4.30. The van der Waals surface area contributed by atoms with Crippen LogP contribution >= 0.6 is 0 Å². The minimum atomic E-state index is 0.629. The molecule has 0 N–H and O–H groups in total. The second kappa shape index (κ2) is 5.92. The van der Waals surface area contributed by atoms with Crippen LogP contribution in [0.15, 0.2) is 36.5 Å². The Morgan fingerprint density at radius 3 is 2.65 bits per heavy atom. The molecule has 106 valence electrons. The van der Waals surface area contributed by atoms with E-state index in [2.05, 4.69) is 49.1 Å². The van der Waals surface area contributed by atoms with Gasteiger partial charge >= 0.3 is 0 Å². The summed E-state index contributed by atoms with van der Waals surface area (Å²) in [5.74, 6) is 1.40. The van der Waals surface area contributed by atoms with Crippen LogP contribution in [-0.2, 0) is 0 Å². The van der Waals surface area contributed by atoms with Gasteiger partial charge in [-0.15, -0.1) is 0 Å². The number of nitrogens with zero attached hydrogens (tertiary/aromatic N) is 2. The first-order valence-electron chi connectivity index (χ1n) is 7.80. The first kappa shape index (κ1) is 13.6. The topological polar surface area (TPSA) is 16.1 Å². The fourth-order valence-electron chi connectivity index (χ4n) is 3.37. The zero-order valence-corrected chi connectivity index (χ0v) is 12.5. The molecule has 1 aromatic heterocycles. The summed E-state index contributed by atoms with van der Waals surface area (Å²) in [4.78, 5) is 7.30. The van der Waals surface area contributed by atoms with Gasteiger partial charge in [-0.2, -0.15) is 0 Å². The molecule has 0 unspecified atom stereocenters. The molecule has 3 rings (SSSR count). The van der Waals surface area contributed by atoms with Crippen molar-refractivity contribution in [3.05, 3.63) is 42.2 Å². The Morgan fingerprint density at radius 2 is 1.90 bits per heavy atom. The monoisotopic (exact) mass is 268 g/mol. The van der Waals surface area contributed by atoms with Gasteiger partial charge in [0.2, 0.25) is 0 Å². The smallest absolute Gasteiger partial charge is 0.0513 e. The van der Waals surface area contributed by atoms with Crippen LogP contribution in [0.2, 0.25) is 0 Å². The molecule has 2 aromatic rings. The molecular formula is C18H24N2. The number of likely N-dealkylation sites (tertiary alicyclic amines) is 1. The Hall–Kier alpha value is -1.41. The largest absolute Gasteiger partial charge is 0.303 e. The molecule has 0 atom stereocenters. The van der Waals surface area contributed by atoms with E-state index in [-0.39, 0.29) is 0 Å². The number of hydrogen-bond donors (Lipinski definition) is 0. The highest BCUT2D eigenvalue weighted by Crippen LogP contribution is 2.31. The van der Waals surface area contributed by atoms with Crippen molar-refractivity contribution in [3.8, 4) is 0 Å². The van der Waals surface area contributed by atoms with Crippen molar-refractivity contribution in [3.63, 3.8) is 0 Å². The molecule has 2 heterocycles. The van der Waals surface area contributed by atoms with Crippen LogP contribution in [-0.4, -0.2) is 29.5 Å². The van der Waals surface area contributed by atoms with Crippen LogP contribution < -0.4 is 0 Å². The van der Waals surface area contributed by atoms with E-state index in [9.17, 15) is 0 Å². The summed E-state index contributed by atoms with van der Waals surface area (Å²) < 4.78 is 0. The molecule has 1 aromatic carbocycles. The SMILES string of the molecule is CC(C)CN1CCC(c2nccc3ccccc23)CC1. The van der Waals surface area contributed by atoms with Crippen molar-refractivity contribution in [1.82, 2.24) is 9.88 Å². The second-order valence-corrected chi connectivity index (χ2v) is 6.39. The average Bonchev–Trinajstić information content (AvgIpc) is 2.47. The minimum absolute atomic E-state index is 0.629. The van der Waals surface area contributed by atoms with Gasteiger partial charge in [-0.1, -0.05) is 38.1 Å². The number of aromatic nitrogens is 1. The van der Waals surface area contributed by atoms with Crippen molar-refractivity contribution in [2.45, 2.75) is 32.6 Å². The summed E-state index contributed by atoms with van der Waals surface area (Å²) >= 11 is 0. The fourth-order valence-corrected chi connectivity index (χ4v) is 3.37. The number of fused-ring (bicyclic) bond motifs is 1. The predicted molar refractivity (Wildman–Crippen MR) is 85.0 cm³/mol. The summed E-state index contributed by atoms with van der Waals surface area (Å²) in [6.45, 7) is 8.27. The Balaban J connectivity index is 1.77. The third kappa shape index (κ3) is 2.85. The molecule has 0 saturated carbocycles. The zero-order valence-electron chi connectivity index (χ0n) is 12.5. The maximum absolute atomic E-state index is 4.70. The lowest BCUT2D eigenvalue weighted by atomic mass is 9.90. The van der Waals surface area contributed by atoms with Gasteiger partial charge in [0.15, 0.2) is 0 Å². The standard InChI is InChI=1S/C18H24N2/c1-14(2)13-20-11-8-16(9-12-20)18-17-6-4-3-5-15(17)7-10-19-18/h3-7,10,14,16H,8-9,11-13H2,1-2H3. The van der Waals surface area contributed by atoms with Crippen molar-refractivity contribution in [2.24, 2.45) is 5.92 Å². The molecule has 1 saturated heterocycles. The molecule has 0 amide bonds. The maximum Gasteiger partial charge on any atom is 0.0513 e. The van der Waals surface area contributed by atoms with Gasteiger partial charge in [0.25, 0.3) is 0 Å². The number of hydrogen-bond acceptors (Lipinski definition) is 2. The van der Waals surface area contributed by atoms with Crippen LogP contribution in [0, 0.1) is 5.92 Å². The molecule has 2 heteroatoms. The van der Waals surface area contributed by atoms with E-state index < -0.39 is 0 Å². The summed E-state index contributed by atoms with van der Waals surface area (Å²) in [6.07, 6.45) is 4.46. The molecule has 0 bridgehead atoms. The highest BCUT2D eigenvalue weighted by atomic mass is 15.1. The first-order chi connectivity index (χ1) is 9.74. The summed E-state index contributed by atoms with van der Waals surface area (Å²) in [6, 6.07) is 10.8. The highest BCUT2D eigenvalue weighted by Gasteiger charge is 2.23. The molecule has 1 fully saturated rings. The van der Waals surface area contributed by atoms with Gasteiger partial charge in [0, 0.05) is 24.0 Å². The average molecular weight is 268 g/mol. The third-order valence-electron chi connectivity index (χ3n) is 4.30. The molecule has 0 spiro atoms. The van der Waals surface area contributed by atoms with E-state index >= 15 is 0 Å². The maximum atomic E-state index is 4.70. The van der Waals surface area contributed by atoms with E-state index in [1.807, 2.05) is 6.20 Å². The summed E-state index contributed by atoms with van der Waals surface area (Å²) in [5, 5.41) is 2.67. The van der Waals surface area contributed by atoms with Crippen molar-refractivity contribution in [2.75, 3.05) is 19.6 Å². The molecule has 0 aliphatic carbocycles. The van der Waals surface area contributed by atoms with Gasteiger partial charge in [-0.3, -0.25) is 4.98 Å². The van der Waals surface area contributed by atoms with Crippen LogP contribution in [0.4, 0.5) is 0 Å². The quantitative estimate of drug-likeness (QED) is 0.834. The molecule has 2 nitrogen and oxygen atoms in total. The van der Waals surface area contributed by atoms with E-state index in [4.69, 9.17) is 4.98 Å². The van der Waals surface area contributed by atoms with Crippen LogP contribution in [0.5, 0.6) is 0 Å². The van der Waals surface area contributed by atoms with E-state index in [0.717, 1.165) is 5.92 Å². The number of pyridine rings is 1. The van der Waals surface area contributed by atoms with Crippen LogP contribution in [0.25, 0.3) is 10.8 Å². The van der Waals surface area contributed by atoms with Gasteiger partial charge in [-0.05, 0) is 43.3 Å². The van der Waals surface area contributed by atoms with E-state index in [1.165, 1.54) is 48.9 Å². The lowest BCUT2D eigenvalue weighted by Crippen LogP contribution is -2.35. The zero-order chi connectivity index (χ0) is 13.9. The summed E-state index contributed by atoms with van der Waals surface area (Å²) in [5.41, 5.74) is 1.31. The Bertz CT molecular complexity index is 563. The summed E-state index contributed by atoms with van der Waals surface area (Å²) in [7, 11) is 0. The molecule has 1 aliphatic heterocycles. The van der Waals surface area contributed by atoms with Crippen LogP contribution in [0.1, 0.15) is 38.3 Å². The molecule has 1 aliphatic rings. The predicted octanol–water partition coefficient (Wildman–Crippen LogP) is 4.07. The lowest BCUT2D eigenvalue weighted by Gasteiger charge is -2.33. The van der Waals surface area contributed by atoms with Gasteiger partial charge in [0.1, 0.15) is 0 Å². The van der Waals surface area contributed by atoms with E-state index in [0.29, 0.717) is 5.92 Å².